The molecule has 4 rings (SSSR count). The van der Waals surface area contributed by atoms with E-state index in [1.54, 1.807) is 5.57 Å². The van der Waals surface area contributed by atoms with Crippen LogP contribution in [0.4, 0.5) is 0 Å². The molecule has 0 saturated heterocycles. The van der Waals surface area contributed by atoms with Crippen LogP contribution in [0.15, 0.2) is 11.6 Å². The molecule has 0 aromatic heterocycles. The molecule has 0 bridgehead atoms. The number of alkyl halides is 1. The van der Waals surface area contributed by atoms with Crippen LogP contribution >= 0.6 is 15.9 Å². The Kier molecular flexibility index (Phi) is 6.38. The summed E-state index contributed by atoms with van der Waals surface area (Å²) in [4.78, 5) is 0.514. The van der Waals surface area contributed by atoms with E-state index in [4.69, 9.17) is 0 Å². The van der Waals surface area contributed by atoms with E-state index in [1.807, 2.05) is 0 Å². The summed E-state index contributed by atoms with van der Waals surface area (Å²) in [6.07, 6.45) is 15.5. The molecule has 0 aliphatic heterocycles. The molecule has 166 valence electrons. The van der Waals surface area contributed by atoms with Gasteiger partial charge in [0.05, 0.1) is 6.10 Å². The highest BCUT2D eigenvalue weighted by atomic mass is 79.9. The minimum absolute atomic E-state index is 0.109. The van der Waals surface area contributed by atoms with Crippen molar-refractivity contribution in [3.63, 3.8) is 0 Å². The Bertz CT molecular complexity index is 626. The van der Waals surface area contributed by atoms with Gasteiger partial charge in [0, 0.05) is 4.83 Å². The number of hydrogen-bond acceptors (Lipinski definition) is 1. The molecule has 1 nitrogen and oxygen atoms in total. The average Bonchev–Trinajstić information content (AvgIpc) is 3.00. The van der Waals surface area contributed by atoms with Gasteiger partial charge in [-0.1, -0.05) is 81.5 Å². The number of hydrogen-bond donors (Lipinski definition) is 1. The third kappa shape index (κ3) is 3.81. The van der Waals surface area contributed by atoms with Gasteiger partial charge in [0.1, 0.15) is 0 Å². The topological polar surface area (TPSA) is 20.2 Å². The van der Waals surface area contributed by atoms with Gasteiger partial charge < -0.3 is 5.11 Å². The fourth-order valence-electron chi connectivity index (χ4n) is 8.61. The molecule has 0 aromatic carbocycles. The van der Waals surface area contributed by atoms with Crippen LogP contribution < -0.4 is 0 Å². The Hall–Kier alpha value is 0.180. The first-order chi connectivity index (χ1) is 13.7. The van der Waals surface area contributed by atoms with Crippen LogP contribution in [0.1, 0.15) is 98.8 Å². The second-order valence-electron chi connectivity index (χ2n) is 12.3. The molecule has 3 saturated carbocycles. The molecule has 1 N–H and O–H groups in total. The number of halogens is 1. The number of fused-ring (bicyclic) bond motifs is 5. The van der Waals surface area contributed by atoms with E-state index in [-0.39, 0.29) is 6.10 Å². The summed E-state index contributed by atoms with van der Waals surface area (Å²) in [6.45, 7) is 12.5. The summed E-state index contributed by atoms with van der Waals surface area (Å²) in [5, 5.41) is 10.3. The van der Waals surface area contributed by atoms with Gasteiger partial charge in [-0.15, -0.1) is 0 Å². The predicted molar refractivity (Wildman–Crippen MR) is 127 cm³/mol. The predicted octanol–water partition coefficient (Wildman–Crippen LogP) is 7.76. The second kappa shape index (κ2) is 8.27. The average molecular weight is 466 g/mol. The molecule has 0 aromatic rings. The van der Waals surface area contributed by atoms with Crippen molar-refractivity contribution in [3.05, 3.63) is 11.6 Å². The maximum absolute atomic E-state index is 10.3. The number of allylic oxidation sites excluding steroid dienone is 1. The van der Waals surface area contributed by atoms with E-state index in [0.29, 0.717) is 15.7 Å². The van der Waals surface area contributed by atoms with Crippen LogP contribution in [0.3, 0.4) is 0 Å². The SMILES string of the molecule is CC(C)CCCC(C)[C@H]1CC[C@H]2[C@@H]3C(Br)C=C4C[C@@H](O)CC[C@]4(C)[C@H]3CC[C@]12C. The standard InChI is InChI=1S/C27H45BrO/c1-17(2)7-6-8-18(3)21-9-10-22-25-23(12-14-27(21,22)5)26(4)13-11-20(29)15-19(26)16-24(25)28/h16-18,20-25,29H,6-15H2,1-5H3/t18?,20-,21+,22-,23-,24?,25-,26-,27+/m0/s1. The zero-order chi connectivity index (χ0) is 21.0. The monoisotopic (exact) mass is 464 g/mol. The van der Waals surface area contributed by atoms with Gasteiger partial charge in [-0.05, 0) is 91.3 Å². The van der Waals surface area contributed by atoms with Crippen LogP contribution in [0, 0.1) is 46.3 Å². The smallest absolute Gasteiger partial charge is 0.0577 e. The third-order valence-corrected chi connectivity index (χ3v) is 11.1. The molecular weight excluding hydrogens is 420 g/mol. The van der Waals surface area contributed by atoms with Crippen LogP contribution in [0.2, 0.25) is 0 Å². The van der Waals surface area contributed by atoms with E-state index in [2.05, 4.69) is 56.6 Å². The molecule has 4 aliphatic rings. The maximum Gasteiger partial charge on any atom is 0.0577 e. The molecular formula is C27H45BrO. The van der Waals surface area contributed by atoms with Crippen molar-refractivity contribution in [1.29, 1.82) is 0 Å². The van der Waals surface area contributed by atoms with Crippen molar-refractivity contribution in [2.75, 3.05) is 0 Å². The van der Waals surface area contributed by atoms with Gasteiger partial charge >= 0.3 is 0 Å². The van der Waals surface area contributed by atoms with Gasteiger partial charge in [0.15, 0.2) is 0 Å². The molecule has 9 atom stereocenters. The van der Waals surface area contributed by atoms with Gasteiger partial charge in [-0.25, -0.2) is 0 Å². The van der Waals surface area contributed by atoms with Crippen LogP contribution in [-0.4, -0.2) is 16.0 Å². The molecule has 4 aliphatic carbocycles. The van der Waals surface area contributed by atoms with Crippen molar-refractivity contribution < 1.29 is 5.11 Å². The lowest BCUT2D eigenvalue weighted by atomic mass is 9.47. The first-order valence-corrected chi connectivity index (χ1v) is 13.6. The lowest BCUT2D eigenvalue weighted by Crippen LogP contribution is -2.53. The van der Waals surface area contributed by atoms with Crippen molar-refractivity contribution >= 4 is 15.9 Å². The van der Waals surface area contributed by atoms with Crippen molar-refractivity contribution in [2.24, 2.45) is 46.3 Å². The number of aliphatic hydroxyl groups is 1. The van der Waals surface area contributed by atoms with Gasteiger partial charge in [-0.2, -0.15) is 0 Å². The van der Waals surface area contributed by atoms with Crippen molar-refractivity contribution in [2.45, 2.75) is 110 Å². The molecule has 0 spiro atoms. The quantitative estimate of drug-likeness (QED) is 0.325. The number of rotatable bonds is 5. The molecule has 2 unspecified atom stereocenters. The number of aliphatic hydroxyl groups excluding tert-OH is 1. The summed E-state index contributed by atoms with van der Waals surface area (Å²) in [7, 11) is 0. The van der Waals surface area contributed by atoms with E-state index >= 15 is 0 Å². The molecule has 29 heavy (non-hydrogen) atoms. The summed E-state index contributed by atoms with van der Waals surface area (Å²) in [5.41, 5.74) is 2.45. The molecule has 2 heteroatoms. The molecule has 0 heterocycles. The minimum Gasteiger partial charge on any atom is -0.393 e. The van der Waals surface area contributed by atoms with E-state index in [0.717, 1.165) is 48.3 Å². The minimum atomic E-state index is -0.109. The Morgan fingerprint density at radius 3 is 2.52 bits per heavy atom. The van der Waals surface area contributed by atoms with Gasteiger partial charge in [0.25, 0.3) is 0 Å². The van der Waals surface area contributed by atoms with E-state index < -0.39 is 0 Å². The lowest BCUT2D eigenvalue weighted by molar-refractivity contribution is -0.0543. The highest BCUT2D eigenvalue weighted by molar-refractivity contribution is 9.09. The summed E-state index contributed by atoms with van der Waals surface area (Å²) in [5.74, 6) is 5.13. The Morgan fingerprint density at radius 1 is 1.03 bits per heavy atom. The second-order valence-corrected chi connectivity index (χ2v) is 13.3. The molecule has 3 fully saturated rings. The van der Waals surface area contributed by atoms with Crippen molar-refractivity contribution in [3.8, 4) is 0 Å². The molecule has 0 amide bonds. The summed E-state index contributed by atoms with van der Waals surface area (Å²) < 4.78 is 0. The lowest BCUT2D eigenvalue weighted by Gasteiger charge is -2.59. The van der Waals surface area contributed by atoms with E-state index in [1.165, 1.54) is 51.4 Å². The van der Waals surface area contributed by atoms with Gasteiger partial charge in [-0.3, -0.25) is 0 Å². The zero-order valence-corrected chi connectivity index (χ0v) is 21.2. The first-order valence-electron chi connectivity index (χ1n) is 12.7. The van der Waals surface area contributed by atoms with Crippen LogP contribution in [0.25, 0.3) is 0 Å². The Labute approximate surface area is 188 Å². The van der Waals surface area contributed by atoms with Crippen LogP contribution in [-0.2, 0) is 0 Å². The first kappa shape index (κ1) is 22.4. The van der Waals surface area contributed by atoms with Crippen molar-refractivity contribution in [1.82, 2.24) is 0 Å². The third-order valence-electron chi connectivity index (χ3n) is 10.3. The van der Waals surface area contributed by atoms with Gasteiger partial charge in [0.2, 0.25) is 0 Å². The highest BCUT2D eigenvalue weighted by Gasteiger charge is 2.60. The fourth-order valence-corrected chi connectivity index (χ4v) is 9.66. The normalized spacial score (nSPS) is 47.9. The Morgan fingerprint density at radius 2 is 1.79 bits per heavy atom. The zero-order valence-electron chi connectivity index (χ0n) is 19.6. The highest BCUT2D eigenvalue weighted by Crippen LogP contribution is 2.68. The maximum atomic E-state index is 10.3. The van der Waals surface area contributed by atoms with Crippen LogP contribution in [0.5, 0.6) is 0 Å². The Balaban J connectivity index is 1.54. The summed E-state index contributed by atoms with van der Waals surface area (Å²) in [6, 6.07) is 0. The largest absolute Gasteiger partial charge is 0.393 e. The van der Waals surface area contributed by atoms with E-state index in [9.17, 15) is 5.11 Å². The fraction of sp³-hybridized carbons (Fsp3) is 0.926. The summed E-state index contributed by atoms with van der Waals surface area (Å²) >= 11 is 4.15. The molecule has 0 radical (unpaired) electrons.